The summed E-state index contributed by atoms with van der Waals surface area (Å²) in [6.07, 6.45) is 1.60. The summed E-state index contributed by atoms with van der Waals surface area (Å²) in [7, 11) is -2.63. The molecule has 0 aliphatic heterocycles. The topological polar surface area (TPSA) is 59.3 Å². The number of hydrogen-bond acceptors (Lipinski definition) is 3. The molecule has 1 aromatic carbocycles. The molecule has 0 aliphatic carbocycles. The Morgan fingerprint density at radius 1 is 1.35 bits per heavy atom. The molecule has 0 fully saturated rings. The summed E-state index contributed by atoms with van der Waals surface area (Å²) in [5.74, 6) is 0. The molecule has 4 nitrogen and oxygen atoms in total. The smallest absolute Gasteiger partial charge is 0.244 e. The zero-order valence-corrected chi connectivity index (χ0v) is 15.1. The second-order valence-corrected chi connectivity index (χ2v) is 10.1. The second kappa shape index (κ2) is 5.02. The van der Waals surface area contributed by atoms with Gasteiger partial charge in [-0.05, 0) is 43.2 Å². The van der Waals surface area contributed by atoms with Crippen LogP contribution in [0.2, 0.25) is 5.54 Å². The summed E-state index contributed by atoms with van der Waals surface area (Å²) in [4.78, 5) is 0. The highest BCUT2D eigenvalue weighted by Crippen LogP contribution is 2.32. The first-order valence-corrected chi connectivity index (χ1v) is 9.27. The van der Waals surface area contributed by atoms with Crippen molar-refractivity contribution < 1.29 is 13.5 Å². The molecule has 6 heteroatoms. The number of fused-ring (bicyclic) bond motifs is 1. The predicted octanol–water partition coefficient (Wildman–Crippen LogP) is 1.26. The van der Waals surface area contributed by atoms with Gasteiger partial charge in [-0.25, -0.2) is 12.4 Å². The van der Waals surface area contributed by atoms with Gasteiger partial charge in [0.1, 0.15) is 0 Å². The number of aliphatic hydroxyl groups is 1. The first-order valence-electron chi connectivity index (χ1n) is 6.68. The van der Waals surface area contributed by atoms with E-state index in [9.17, 15) is 8.42 Å². The highest BCUT2D eigenvalue weighted by atomic mass is 32.2. The minimum atomic E-state index is -3.45. The normalized spacial score (nSPS) is 14.8. The highest BCUT2D eigenvalue weighted by Gasteiger charge is 2.39. The van der Waals surface area contributed by atoms with Gasteiger partial charge in [0, 0.05) is 21.8 Å². The quantitative estimate of drug-likeness (QED) is 0.865. The molecule has 1 aromatic heterocycles. The first-order chi connectivity index (χ1) is 9.21. The van der Waals surface area contributed by atoms with Gasteiger partial charge in [0.05, 0.1) is 16.9 Å². The van der Waals surface area contributed by atoms with Crippen molar-refractivity contribution in [2.45, 2.75) is 37.7 Å². The van der Waals surface area contributed by atoms with Crippen molar-refractivity contribution in [2.24, 2.45) is 0 Å². The van der Waals surface area contributed by atoms with Crippen LogP contribution in [0.25, 0.3) is 10.9 Å². The molecule has 0 saturated carbocycles. The van der Waals surface area contributed by atoms with E-state index in [0.29, 0.717) is 5.52 Å². The van der Waals surface area contributed by atoms with Crippen molar-refractivity contribution in [2.75, 3.05) is 0 Å². The van der Waals surface area contributed by atoms with Crippen molar-refractivity contribution >= 4 is 31.2 Å². The molecule has 0 radical (unpaired) electrons. The van der Waals surface area contributed by atoms with Gasteiger partial charge >= 0.3 is 0 Å². The SMILES string of the molecule is CC([SiH3])C(C)(C)S(=O)(=O)n1ccc2cc(CO)ccc21. The van der Waals surface area contributed by atoms with Crippen LogP contribution in [0.3, 0.4) is 0 Å². The minimum absolute atomic E-state index is 0.0447. The van der Waals surface area contributed by atoms with Crippen LogP contribution in [0.4, 0.5) is 0 Å². The Morgan fingerprint density at radius 2 is 2.00 bits per heavy atom. The molecule has 1 heterocycles. The lowest BCUT2D eigenvalue weighted by atomic mass is 10.1. The van der Waals surface area contributed by atoms with E-state index < -0.39 is 14.8 Å². The summed E-state index contributed by atoms with van der Waals surface area (Å²) >= 11 is 0. The Bertz CT molecular complexity index is 732. The number of aliphatic hydroxyl groups excluding tert-OH is 1. The first kappa shape index (κ1) is 15.3. The van der Waals surface area contributed by atoms with E-state index in [0.717, 1.165) is 21.2 Å². The summed E-state index contributed by atoms with van der Waals surface area (Å²) < 4.78 is 26.3. The largest absolute Gasteiger partial charge is 0.392 e. The van der Waals surface area contributed by atoms with E-state index in [4.69, 9.17) is 5.11 Å². The molecular formula is C14H21NO3SSi. The maximum absolute atomic E-state index is 12.9. The minimum Gasteiger partial charge on any atom is -0.392 e. The third-order valence-electron chi connectivity index (χ3n) is 4.22. The molecule has 0 saturated heterocycles. The average molecular weight is 311 g/mol. The molecule has 20 heavy (non-hydrogen) atoms. The van der Waals surface area contributed by atoms with Crippen LogP contribution in [0.5, 0.6) is 0 Å². The molecule has 1 N–H and O–H groups in total. The van der Waals surface area contributed by atoms with E-state index in [1.165, 1.54) is 3.97 Å². The van der Waals surface area contributed by atoms with Crippen molar-refractivity contribution in [1.82, 2.24) is 3.97 Å². The van der Waals surface area contributed by atoms with Crippen LogP contribution in [0.15, 0.2) is 30.5 Å². The number of nitrogens with zero attached hydrogens (tertiary/aromatic N) is 1. The number of rotatable bonds is 4. The van der Waals surface area contributed by atoms with Crippen LogP contribution in [0, 0.1) is 0 Å². The Hall–Kier alpha value is -1.11. The maximum atomic E-state index is 12.9. The van der Waals surface area contributed by atoms with Crippen molar-refractivity contribution in [1.29, 1.82) is 0 Å². The van der Waals surface area contributed by atoms with Gasteiger partial charge in [0.15, 0.2) is 0 Å². The highest BCUT2D eigenvalue weighted by molar-refractivity contribution is 7.91. The lowest BCUT2D eigenvalue weighted by Gasteiger charge is -2.29. The summed E-state index contributed by atoms with van der Waals surface area (Å²) in [6.45, 7) is 5.50. The summed E-state index contributed by atoms with van der Waals surface area (Å²) in [5.41, 5.74) is 1.59. The fourth-order valence-electron chi connectivity index (χ4n) is 2.03. The fraction of sp³-hybridized carbons (Fsp3) is 0.429. The van der Waals surface area contributed by atoms with Crippen molar-refractivity contribution in [3.8, 4) is 0 Å². The molecule has 0 aliphatic rings. The van der Waals surface area contributed by atoms with Gasteiger partial charge < -0.3 is 5.11 Å². The third-order valence-corrected chi connectivity index (χ3v) is 8.71. The lowest BCUT2D eigenvalue weighted by Crippen LogP contribution is -2.39. The van der Waals surface area contributed by atoms with Gasteiger partial charge in [0.2, 0.25) is 10.0 Å². The number of benzene rings is 1. The molecule has 2 rings (SSSR count). The summed E-state index contributed by atoms with van der Waals surface area (Å²) in [5, 5.41) is 9.98. The maximum Gasteiger partial charge on any atom is 0.244 e. The molecule has 2 aromatic rings. The molecule has 110 valence electrons. The van der Waals surface area contributed by atoms with Gasteiger partial charge in [0.25, 0.3) is 0 Å². The van der Waals surface area contributed by atoms with Crippen LogP contribution >= 0.6 is 0 Å². The van der Waals surface area contributed by atoms with Crippen molar-refractivity contribution in [3.63, 3.8) is 0 Å². The molecule has 0 amide bonds. The Kier molecular flexibility index (Phi) is 3.83. The zero-order chi connectivity index (χ0) is 15.1. The molecule has 0 bridgehead atoms. The van der Waals surface area contributed by atoms with Crippen LogP contribution in [-0.4, -0.2) is 32.5 Å². The van der Waals surface area contributed by atoms with E-state index >= 15 is 0 Å². The van der Waals surface area contributed by atoms with Gasteiger partial charge in [-0.1, -0.05) is 13.0 Å². The third kappa shape index (κ3) is 2.21. The van der Waals surface area contributed by atoms with Gasteiger partial charge in [-0.3, -0.25) is 0 Å². The van der Waals surface area contributed by atoms with E-state index in [-0.39, 0.29) is 12.1 Å². The number of hydrogen-bond donors (Lipinski definition) is 1. The monoisotopic (exact) mass is 311 g/mol. The van der Waals surface area contributed by atoms with Gasteiger partial charge in [-0.15, -0.1) is 0 Å². The Morgan fingerprint density at radius 3 is 2.55 bits per heavy atom. The van der Waals surface area contributed by atoms with E-state index in [1.807, 2.05) is 13.0 Å². The Balaban J connectivity index is 2.65. The standard InChI is InChI=1S/C14H21NO3SSi/c1-10(20)14(2,3)19(17,18)15-7-6-12-8-11(9-16)4-5-13(12)15/h4-8,10,16H,9H2,1-3,20H3. The van der Waals surface area contributed by atoms with Crippen LogP contribution < -0.4 is 0 Å². The average Bonchev–Trinajstić information content (AvgIpc) is 2.81. The van der Waals surface area contributed by atoms with Crippen LogP contribution in [-0.2, 0) is 16.6 Å². The number of aromatic nitrogens is 1. The van der Waals surface area contributed by atoms with E-state index in [2.05, 4.69) is 0 Å². The van der Waals surface area contributed by atoms with Crippen molar-refractivity contribution in [3.05, 3.63) is 36.0 Å². The predicted molar refractivity (Wildman–Crippen MR) is 85.6 cm³/mol. The van der Waals surface area contributed by atoms with Crippen LogP contribution in [0.1, 0.15) is 26.3 Å². The van der Waals surface area contributed by atoms with Gasteiger partial charge in [-0.2, -0.15) is 0 Å². The second-order valence-electron chi connectivity index (χ2n) is 5.93. The molecule has 1 atom stereocenters. The molecule has 0 spiro atoms. The van der Waals surface area contributed by atoms with E-state index in [1.54, 1.807) is 38.2 Å². The fourth-order valence-corrected chi connectivity index (χ4v) is 4.67. The molecule has 1 unspecified atom stereocenters. The molecular weight excluding hydrogens is 290 g/mol. The lowest BCUT2D eigenvalue weighted by molar-refractivity contribution is 0.282. The summed E-state index contributed by atoms with van der Waals surface area (Å²) in [6, 6.07) is 7.11. The Labute approximate surface area is 122 Å². The zero-order valence-electron chi connectivity index (χ0n) is 12.3.